The van der Waals surface area contributed by atoms with Crippen molar-refractivity contribution < 1.29 is 14.1 Å². The van der Waals surface area contributed by atoms with Crippen molar-refractivity contribution in [2.24, 2.45) is 0 Å². The molecule has 0 aliphatic heterocycles. The number of hydrogen-bond acceptors (Lipinski definition) is 8. The van der Waals surface area contributed by atoms with E-state index in [0.29, 0.717) is 15.2 Å². The second-order valence-electron chi connectivity index (χ2n) is 5.73. The highest BCUT2D eigenvalue weighted by Gasteiger charge is 2.15. The van der Waals surface area contributed by atoms with Gasteiger partial charge in [0.05, 0.1) is 5.75 Å². The zero-order chi connectivity index (χ0) is 19.4. The zero-order valence-corrected chi connectivity index (χ0v) is 16.5. The first-order chi connectivity index (χ1) is 12.9. The van der Waals surface area contributed by atoms with Gasteiger partial charge in [-0.05, 0) is 38.0 Å². The Bertz CT molecular complexity index is 983. The van der Waals surface area contributed by atoms with Crippen molar-refractivity contribution >= 4 is 45.7 Å². The lowest BCUT2D eigenvalue weighted by atomic mass is 10.1. The molecule has 0 aliphatic carbocycles. The summed E-state index contributed by atoms with van der Waals surface area (Å²) in [6.07, 6.45) is 0. The fourth-order valence-electron chi connectivity index (χ4n) is 2.15. The molecule has 3 aromatic rings. The molecule has 0 unspecified atom stereocenters. The molecule has 1 aromatic carbocycles. The molecular formula is C17H17N5O3S2. The number of hydrogen-bond donors (Lipinski definition) is 2. The SMILES string of the molecule is Cc1cc(C(=O)Nc2nnc(SCC(=O)Nc3cccc(C)c3C)s2)no1. The molecule has 0 saturated heterocycles. The maximum Gasteiger partial charge on any atom is 0.279 e. The Balaban J connectivity index is 1.52. The molecule has 0 atom stereocenters. The van der Waals surface area contributed by atoms with E-state index in [0.717, 1.165) is 16.8 Å². The summed E-state index contributed by atoms with van der Waals surface area (Å²) in [5.41, 5.74) is 3.13. The fourth-order valence-corrected chi connectivity index (χ4v) is 3.70. The van der Waals surface area contributed by atoms with Gasteiger partial charge in [0.1, 0.15) is 5.76 Å². The second-order valence-corrected chi connectivity index (χ2v) is 7.93. The molecule has 2 heterocycles. The third-order valence-electron chi connectivity index (χ3n) is 3.69. The summed E-state index contributed by atoms with van der Waals surface area (Å²) >= 11 is 2.44. The Labute approximate surface area is 163 Å². The van der Waals surface area contributed by atoms with E-state index in [2.05, 4.69) is 26.0 Å². The van der Waals surface area contributed by atoms with E-state index in [-0.39, 0.29) is 17.4 Å². The minimum atomic E-state index is -0.424. The van der Waals surface area contributed by atoms with Crippen LogP contribution in [0.25, 0.3) is 0 Å². The molecule has 3 rings (SSSR count). The van der Waals surface area contributed by atoms with Gasteiger partial charge in [0.15, 0.2) is 10.0 Å². The van der Waals surface area contributed by atoms with Crippen LogP contribution in [0.5, 0.6) is 0 Å². The topological polar surface area (TPSA) is 110 Å². The summed E-state index contributed by atoms with van der Waals surface area (Å²) in [6.45, 7) is 5.66. The van der Waals surface area contributed by atoms with Crippen LogP contribution in [-0.4, -0.2) is 32.9 Å². The third-order valence-corrected chi connectivity index (χ3v) is 5.66. The van der Waals surface area contributed by atoms with Crippen molar-refractivity contribution in [2.45, 2.75) is 25.1 Å². The number of aryl methyl sites for hydroxylation is 2. The van der Waals surface area contributed by atoms with Crippen LogP contribution in [0.3, 0.4) is 0 Å². The van der Waals surface area contributed by atoms with Gasteiger partial charge in [-0.1, -0.05) is 40.4 Å². The Morgan fingerprint density at radius 2 is 2.00 bits per heavy atom. The number of thioether (sulfide) groups is 1. The van der Waals surface area contributed by atoms with Gasteiger partial charge in [0, 0.05) is 11.8 Å². The summed E-state index contributed by atoms with van der Waals surface area (Å²) in [5, 5.41) is 17.3. The van der Waals surface area contributed by atoms with Gasteiger partial charge >= 0.3 is 0 Å². The van der Waals surface area contributed by atoms with Crippen molar-refractivity contribution in [2.75, 3.05) is 16.4 Å². The molecule has 0 aliphatic rings. The van der Waals surface area contributed by atoms with Crippen LogP contribution < -0.4 is 10.6 Å². The molecule has 10 heteroatoms. The number of carbonyl (C=O) groups excluding carboxylic acids is 2. The lowest BCUT2D eigenvalue weighted by Crippen LogP contribution is -2.15. The summed E-state index contributed by atoms with van der Waals surface area (Å²) in [4.78, 5) is 24.2. The number of aromatic nitrogens is 3. The predicted octanol–water partition coefficient (Wildman–Crippen LogP) is 3.43. The average Bonchev–Trinajstić information content (AvgIpc) is 3.26. The molecule has 140 valence electrons. The lowest BCUT2D eigenvalue weighted by molar-refractivity contribution is -0.113. The average molecular weight is 403 g/mol. The van der Waals surface area contributed by atoms with E-state index in [1.54, 1.807) is 6.92 Å². The first kappa shape index (κ1) is 19.1. The van der Waals surface area contributed by atoms with E-state index in [1.165, 1.54) is 29.2 Å². The van der Waals surface area contributed by atoms with Gasteiger partial charge in [-0.2, -0.15) is 0 Å². The Hall–Kier alpha value is -2.72. The van der Waals surface area contributed by atoms with Gasteiger partial charge in [-0.15, -0.1) is 10.2 Å². The quantitative estimate of drug-likeness (QED) is 0.479. The minimum absolute atomic E-state index is 0.132. The molecule has 8 nitrogen and oxygen atoms in total. The maximum absolute atomic E-state index is 12.2. The molecule has 0 fully saturated rings. The smallest absolute Gasteiger partial charge is 0.279 e. The number of rotatable bonds is 6. The van der Waals surface area contributed by atoms with Gasteiger partial charge in [0.2, 0.25) is 11.0 Å². The highest BCUT2D eigenvalue weighted by Crippen LogP contribution is 2.26. The summed E-state index contributed by atoms with van der Waals surface area (Å²) in [5.74, 6) is 0.182. The number of nitrogens with one attached hydrogen (secondary N) is 2. The number of nitrogens with zero attached hydrogens (tertiary/aromatic N) is 3. The summed E-state index contributed by atoms with van der Waals surface area (Å²) in [6, 6.07) is 7.30. The molecule has 27 heavy (non-hydrogen) atoms. The fraction of sp³-hybridized carbons (Fsp3) is 0.235. The monoisotopic (exact) mass is 403 g/mol. The maximum atomic E-state index is 12.2. The van der Waals surface area contributed by atoms with Crippen LogP contribution in [-0.2, 0) is 4.79 Å². The molecule has 2 aromatic heterocycles. The number of anilines is 2. The van der Waals surface area contributed by atoms with Crippen LogP contribution in [0, 0.1) is 20.8 Å². The largest absolute Gasteiger partial charge is 0.361 e. The Kier molecular flexibility index (Phi) is 5.87. The van der Waals surface area contributed by atoms with E-state index >= 15 is 0 Å². The van der Waals surface area contributed by atoms with E-state index in [1.807, 2.05) is 32.0 Å². The van der Waals surface area contributed by atoms with Crippen LogP contribution >= 0.6 is 23.1 Å². The molecule has 0 radical (unpaired) electrons. The number of benzene rings is 1. The van der Waals surface area contributed by atoms with Gasteiger partial charge in [0.25, 0.3) is 5.91 Å². The number of amides is 2. The van der Waals surface area contributed by atoms with Crippen LogP contribution in [0.1, 0.15) is 27.4 Å². The van der Waals surface area contributed by atoms with Gasteiger partial charge in [-0.3, -0.25) is 14.9 Å². The van der Waals surface area contributed by atoms with E-state index in [4.69, 9.17) is 4.52 Å². The van der Waals surface area contributed by atoms with Crippen molar-refractivity contribution in [1.29, 1.82) is 0 Å². The molecule has 0 spiro atoms. The Morgan fingerprint density at radius 3 is 2.74 bits per heavy atom. The summed E-state index contributed by atoms with van der Waals surface area (Å²) in [7, 11) is 0. The van der Waals surface area contributed by atoms with Crippen molar-refractivity contribution in [3.8, 4) is 0 Å². The van der Waals surface area contributed by atoms with Gasteiger partial charge in [-0.25, -0.2) is 0 Å². The Morgan fingerprint density at radius 1 is 1.19 bits per heavy atom. The van der Waals surface area contributed by atoms with Crippen LogP contribution in [0.2, 0.25) is 0 Å². The second kappa shape index (κ2) is 8.31. The van der Waals surface area contributed by atoms with Crippen molar-refractivity contribution in [3.63, 3.8) is 0 Å². The lowest BCUT2D eigenvalue weighted by Gasteiger charge is -2.09. The number of carbonyl (C=O) groups is 2. The van der Waals surface area contributed by atoms with E-state index < -0.39 is 5.91 Å². The molecule has 2 N–H and O–H groups in total. The molecule has 0 saturated carbocycles. The van der Waals surface area contributed by atoms with Crippen LogP contribution in [0.4, 0.5) is 10.8 Å². The first-order valence-electron chi connectivity index (χ1n) is 7.99. The van der Waals surface area contributed by atoms with Crippen molar-refractivity contribution in [1.82, 2.24) is 15.4 Å². The molecule has 2 amide bonds. The molecular weight excluding hydrogens is 386 g/mol. The first-order valence-corrected chi connectivity index (χ1v) is 9.79. The van der Waals surface area contributed by atoms with E-state index in [9.17, 15) is 9.59 Å². The minimum Gasteiger partial charge on any atom is -0.361 e. The van der Waals surface area contributed by atoms with Gasteiger partial charge < -0.3 is 9.84 Å². The van der Waals surface area contributed by atoms with Crippen LogP contribution in [0.15, 0.2) is 33.1 Å². The predicted molar refractivity (Wildman–Crippen MR) is 104 cm³/mol. The standard InChI is InChI=1S/C17H17N5O3S2/c1-9-5-4-6-12(11(9)3)18-14(23)8-26-17-21-20-16(27-17)19-15(24)13-7-10(2)25-22-13/h4-7H,8H2,1-3H3,(H,18,23)(H,19,20,24). The highest BCUT2D eigenvalue weighted by atomic mass is 32.2. The van der Waals surface area contributed by atoms with Crippen molar-refractivity contribution in [3.05, 3.63) is 46.8 Å². The summed E-state index contributed by atoms with van der Waals surface area (Å²) < 4.78 is 5.45. The normalized spacial score (nSPS) is 10.6. The zero-order valence-electron chi connectivity index (χ0n) is 14.9. The third kappa shape index (κ3) is 4.92. The molecule has 0 bridgehead atoms. The highest BCUT2D eigenvalue weighted by molar-refractivity contribution is 8.01.